The molecule has 2 unspecified atom stereocenters. The van der Waals surface area contributed by atoms with Crippen LogP contribution in [0.3, 0.4) is 0 Å². The molecule has 4 rings (SSSR count). The van der Waals surface area contributed by atoms with Crippen molar-refractivity contribution in [3.8, 4) is 0 Å². The maximum absolute atomic E-state index is 14.8. The monoisotopic (exact) mass is 729 g/mol. The smallest absolute Gasteiger partial charge is 0.306 e. The zero-order valence-corrected chi connectivity index (χ0v) is 30.3. The molecule has 3 heterocycles. The van der Waals surface area contributed by atoms with Crippen molar-refractivity contribution in [3.05, 3.63) is 61.2 Å². The second kappa shape index (κ2) is 16.6. The van der Waals surface area contributed by atoms with Crippen LogP contribution in [0.25, 0.3) is 0 Å². The number of amides is 3. The number of carbonyl (C=O) groups excluding carboxylic acids is 4. The molecule has 3 aliphatic heterocycles. The van der Waals surface area contributed by atoms with Crippen LogP contribution in [-0.2, 0) is 28.7 Å². The highest BCUT2D eigenvalue weighted by Crippen LogP contribution is 2.60. The first-order valence-electron chi connectivity index (χ1n) is 17.2. The first-order chi connectivity index (χ1) is 22.9. The Kier molecular flexibility index (Phi) is 13.1. The number of hydrogen-bond acceptors (Lipinski definition) is 7. The zero-order valence-electron chi connectivity index (χ0n) is 28.7. The quantitative estimate of drug-likeness (QED) is 0.127. The Labute approximate surface area is 293 Å². The Hall–Kier alpha value is -3.02. The Morgan fingerprint density at radius 1 is 1.21 bits per heavy atom. The van der Waals surface area contributed by atoms with Gasteiger partial charge in [-0.3, -0.25) is 19.2 Å². The van der Waals surface area contributed by atoms with E-state index in [0.717, 1.165) is 18.4 Å². The van der Waals surface area contributed by atoms with E-state index in [0.29, 0.717) is 25.8 Å². The summed E-state index contributed by atoms with van der Waals surface area (Å²) in [6.07, 6.45) is 5.78. The van der Waals surface area contributed by atoms with E-state index in [9.17, 15) is 24.3 Å². The predicted molar refractivity (Wildman–Crippen MR) is 187 cm³/mol. The van der Waals surface area contributed by atoms with Gasteiger partial charge in [-0.25, -0.2) is 0 Å². The predicted octanol–water partition coefficient (Wildman–Crippen LogP) is 4.71. The van der Waals surface area contributed by atoms with Gasteiger partial charge in [0.25, 0.3) is 0 Å². The number of alkyl halides is 1. The summed E-state index contributed by atoms with van der Waals surface area (Å²) in [6.45, 7) is 15.5. The van der Waals surface area contributed by atoms with Crippen LogP contribution in [0.5, 0.6) is 0 Å². The molecular formula is C37H52BrN3O7. The van der Waals surface area contributed by atoms with Crippen LogP contribution in [0.15, 0.2) is 55.6 Å². The largest absolute Gasteiger partial charge is 0.463 e. The molecule has 48 heavy (non-hydrogen) atoms. The van der Waals surface area contributed by atoms with Gasteiger partial charge in [-0.1, -0.05) is 85.6 Å². The fraction of sp³-hybridized carbons (Fsp3) is 0.622. The van der Waals surface area contributed by atoms with Gasteiger partial charge in [0.15, 0.2) is 0 Å². The number of aliphatic hydroxyl groups excluding tert-OH is 1. The van der Waals surface area contributed by atoms with Crippen molar-refractivity contribution in [2.75, 3.05) is 19.8 Å². The number of esters is 1. The molecule has 1 aromatic rings. The number of carbonyl (C=O) groups is 4. The molecule has 10 nitrogen and oxygen atoms in total. The number of aliphatic hydroxyl groups is 1. The molecule has 9 atom stereocenters. The van der Waals surface area contributed by atoms with E-state index in [1.54, 1.807) is 22.0 Å². The van der Waals surface area contributed by atoms with Crippen LogP contribution in [0.1, 0.15) is 77.8 Å². The van der Waals surface area contributed by atoms with Crippen molar-refractivity contribution in [3.63, 3.8) is 0 Å². The van der Waals surface area contributed by atoms with Crippen LogP contribution in [0.2, 0.25) is 0 Å². The highest BCUT2D eigenvalue weighted by Gasteiger charge is 2.77. The van der Waals surface area contributed by atoms with Crippen LogP contribution in [-0.4, -0.2) is 93.0 Å². The minimum absolute atomic E-state index is 0.0918. The summed E-state index contributed by atoms with van der Waals surface area (Å²) in [6, 6.07) is 6.76. The molecule has 0 saturated carbocycles. The molecule has 3 saturated heterocycles. The molecule has 1 aromatic carbocycles. The lowest BCUT2D eigenvalue weighted by Crippen LogP contribution is -2.60. The zero-order chi connectivity index (χ0) is 35.2. The molecule has 11 heteroatoms. The van der Waals surface area contributed by atoms with E-state index in [1.807, 2.05) is 51.1 Å². The summed E-state index contributed by atoms with van der Waals surface area (Å²) >= 11 is 3.75. The van der Waals surface area contributed by atoms with Gasteiger partial charge in [-0.15, -0.1) is 13.2 Å². The number of hydrogen-bond donors (Lipinski definition) is 2. The fourth-order valence-corrected chi connectivity index (χ4v) is 8.80. The van der Waals surface area contributed by atoms with Crippen molar-refractivity contribution in [1.29, 1.82) is 0 Å². The molecular weight excluding hydrogens is 678 g/mol. The van der Waals surface area contributed by atoms with Gasteiger partial charge in [-0.2, -0.15) is 0 Å². The normalized spacial score (nSPS) is 27.7. The molecule has 0 aromatic heterocycles. The van der Waals surface area contributed by atoms with E-state index in [1.165, 1.54) is 0 Å². The highest BCUT2D eigenvalue weighted by atomic mass is 79.9. The summed E-state index contributed by atoms with van der Waals surface area (Å²) in [5.41, 5.74) is -0.532. The number of halogens is 1. The molecule has 2 bridgehead atoms. The van der Waals surface area contributed by atoms with Gasteiger partial charge in [0.05, 0.1) is 36.6 Å². The summed E-state index contributed by atoms with van der Waals surface area (Å²) < 4.78 is 12.3. The summed E-state index contributed by atoms with van der Waals surface area (Å²) in [4.78, 5) is 59.3. The van der Waals surface area contributed by atoms with Crippen molar-refractivity contribution < 1.29 is 33.8 Å². The maximum Gasteiger partial charge on any atom is 0.306 e. The van der Waals surface area contributed by atoms with Crippen molar-refractivity contribution >= 4 is 39.6 Å². The third kappa shape index (κ3) is 7.58. The highest BCUT2D eigenvalue weighted by molar-refractivity contribution is 9.09. The standard InChI is InChI=1S/C37H52BrN3O7/c1-7-10-17-29(43)47-22-28(25-15-12-11-13-16-25)39-34(44)30-31-35(45)41(26(21-42)19-23(4)5)33(37(31)20-27(38)32(30)48-37)36(46)40(18-9-3)24(6)14-8-2/h7,9,11-13,15-16,23-24,26-28,30-33,42H,1,3,8,10,14,17-22H2,2,4-6H3,(H,39,44)/t24?,26-,27?,28+,30+,31-,32+,33+,37-/m1/s1. The number of benzene rings is 1. The Bertz CT molecular complexity index is 1330. The van der Waals surface area contributed by atoms with Gasteiger partial charge in [0.2, 0.25) is 17.7 Å². The molecule has 2 N–H and O–H groups in total. The lowest BCUT2D eigenvalue weighted by Gasteiger charge is -2.41. The molecule has 1 spiro atoms. The van der Waals surface area contributed by atoms with Crippen LogP contribution in [0, 0.1) is 17.8 Å². The number of nitrogens with one attached hydrogen (secondary N) is 1. The van der Waals surface area contributed by atoms with E-state index >= 15 is 0 Å². The molecule has 0 aliphatic carbocycles. The first kappa shape index (κ1) is 37.8. The number of nitrogens with zero attached hydrogens (tertiary/aromatic N) is 2. The van der Waals surface area contributed by atoms with Gasteiger partial charge < -0.3 is 29.7 Å². The molecule has 0 radical (unpaired) electrons. The first-order valence-corrected chi connectivity index (χ1v) is 18.1. The lowest BCUT2D eigenvalue weighted by atomic mass is 9.70. The van der Waals surface area contributed by atoms with E-state index in [2.05, 4.69) is 41.3 Å². The fourth-order valence-electron chi connectivity index (χ4n) is 7.86. The molecule has 264 valence electrons. The van der Waals surface area contributed by atoms with E-state index in [4.69, 9.17) is 9.47 Å². The summed E-state index contributed by atoms with van der Waals surface area (Å²) in [5.74, 6) is -3.17. The van der Waals surface area contributed by atoms with Gasteiger partial charge in [-0.05, 0) is 44.1 Å². The minimum Gasteiger partial charge on any atom is -0.463 e. The Morgan fingerprint density at radius 3 is 2.52 bits per heavy atom. The number of ether oxygens (including phenoxy) is 2. The van der Waals surface area contributed by atoms with Gasteiger partial charge in [0, 0.05) is 23.8 Å². The summed E-state index contributed by atoms with van der Waals surface area (Å²) in [7, 11) is 0. The SMILES string of the molecule is C=CCCC(=O)OC[C@H](NC(=O)[C@@H]1[C@H]2O[C@@]3(CC2Br)[C@H](C(=O)N(CC=C)C(C)CCC)N([C@@H](CO)CC(C)C)C(=O)[C@@H]13)c1ccccc1. The van der Waals surface area contributed by atoms with Crippen LogP contribution in [0.4, 0.5) is 0 Å². The second-order valence-corrected chi connectivity index (χ2v) is 15.0. The molecule has 3 fully saturated rings. The minimum atomic E-state index is -1.27. The third-order valence-corrected chi connectivity index (χ3v) is 10.8. The third-order valence-electron chi connectivity index (χ3n) is 9.94. The van der Waals surface area contributed by atoms with Crippen molar-refractivity contribution in [2.45, 2.75) is 107 Å². The van der Waals surface area contributed by atoms with Crippen LogP contribution >= 0.6 is 15.9 Å². The number of rotatable bonds is 18. The van der Waals surface area contributed by atoms with Crippen molar-refractivity contribution in [1.82, 2.24) is 15.1 Å². The topological polar surface area (TPSA) is 125 Å². The van der Waals surface area contributed by atoms with E-state index < -0.39 is 53.5 Å². The summed E-state index contributed by atoms with van der Waals surface area (Å²) in [5, 5.41) is 13.7. The second-order valence-electron chi connectivity index (χ2n) is 13.8. The average molecular weight is 731 g/mol. The van der Waals surface area contributed by atoms with E-state index in [-0.39, 0.29) is 48.2 Å². The number of fused-ring (bicyclic) bond motifs is 1. The maximum atomic E-state index is 14.8. The van der Waals surface area contributed by atoms with Crippen molar-refractivity contribution in [2.24, 2.45) is 17.8 Å². The van der Waals surface area contributed by atoms with Gasteiger partial charge >= 0.3 is 5.97 Å². The number of likely N-dealkylation sites (tertiary alicyclic amines) is 1. The number of allylic oxidation sites excluding steroid dienone is 1. The Balaban J connectivity index is 1.73. The van der Waals surface area contributed by atoms with Crippen LogP contribution < -0.4 is 5.32 Å². The molecule has 3 aliphatic rings. The van der Waals surface area contributed by atoms with Gasteiger partial charge in [0.1, 0.15) is 18.2 Å². The Morgan fingerprint density at radius 2 is 1.92 bits per heavy atom. The average Bonchev–Trinajstić information content (AvgIpc) is 3.66. The molecule has 3 amide bonds. The lowest BCUT2D eigenvalue weighted by molar-refractivity contribution is -0.153.